The molecule has 1 saturated heterocycles. The third kappa shape index (κ3) is 4.71. The van der Waals surface area contributed by atoms with Crippen molar-refractivity contribution in [3.63, 3.8) is 0 Å². The number of rotatable bonds is 8. The first-order valence-electron chi connectivity index (χ1n) is 7.85. The van der Waals surface area contributed by atoms with Crippen molar-refractivity contribution in [3.05, 3.63) is 48.5 Å². The fourth-order valence-corrected chi connectivity index (χ4v) is 2.12. The molecule has 2 atom stereocenters. The van der Waals surface area contributed by atoms with Crippen LogP contribution in [0.4, 0.5) is 0 Å². The molecular weight excluding hydrogens is 292 g/mol. The smallest absolute Gasteiger partial charge is 0.119 e. The van der Waals surface area contributed by atoms with Gasteiger partial charge in [0.1, 0.15) is 30.8 Å². The largest absolute Gasteiger partial charge is 0.491 e. The minimum atomic E-state index is 0.0864. The van der Waals surface area contributed by atoms with Gasteiger partial charge in [-0.25, -0.2) is 0 Å². The van der Waals surface area contributed by atoms with Crippen LogP contribution >= 0.6 is 0 Å². The van der Waals surface area contributed by atoms with Gasteiger partial charge in [0.2, 0.25) is 0 Å². The van der Waals surface area contributed by atoms with Crippen LogP contribution in [0.15, 0.2) is 48.5 Å². The van der Waals surface area contributed by atoms with Gasteiger partial charge in [-0.15, -0.1) is 0 Å². The third-order valence-corrected chi connectivity index (χ3v) is 3.77. The number of methoxy groups -OCH3 is 1. The molecule has 3 rings (SSSR count). The molecule has 2 unspecified atom stereocenters. The Hall–Kier alpha value is -2.04. The summed E-state index contributed by atoms with van der Waals surface area (Å²) in [7, 11) is 1.68. The van der Waals surface area contributed by atoms with E-state index in [0.717, 1.165) is 29.2 Å². The molecule has 4 nitrogen and oxygen atoms in total. The zero-order chi connectivity index (χ0) is 16.1. The second-order valence-corrected chi connectivity index (χ2v) is 5.67. The van der Waals surface area contributed by atoms with Crippen molar-refractivity contribution >= 4 is 0 Å². The number of epoxide rings is 1. The fraction of sp³-hybridized carbons (Fsp3) is 0.368. The maximum atomic E-state index is 5.67. The average Bonchev–Trinajstić information content (AvgIpc) is 3.43. The van der Waals surface area contributed by atoms with E-state index in [1.54, 1.807) is 7.11 Å². The van der Waals surface area contributed by atoms with Gasteiger partial charge in [0.15, 0.2) is 0 Å². The molecule has 2 aromatic carbocycles. The van der Waals surface area contributed by atoms with Crippen molar-refractivity contribution in [2.45, 2.75) is 19.1 Å². The van der Waals surface area contributed by atoms with Gasteiger partial charge in [-0.05, 0) is 42.3 Å². The van der Waals surface area contributed by atoms with Gasteiger partial charge in [0.05, 0.1) is 12.7 Å². The van der Waals surface area contributed by atoms with Gasteiger partial charge in [-0.1, -0.05) is 24.3 Å². The molecule has 0 amide bonds. The van der Waals surface area contributed by atoms with E-state index in [1.807, 2.05) is 31.2 Å². The standard InChI is InChI=1S/C19H22O4/c1-14(20-2)11-21-17-7-3-15(4-8-17)16-5-9-18(10-6-16)22-12-19-13-23-19/h3-10,14,19H,11-13H2,1-2H3. The molecule has 0 bridgehead atoms. The van der Waals surface area contributed by atoms with E-state index >= 15 is 0 Å². The van der Waals surface area contributed by atoms with Gasteiger partial charge in [0, 0.05) is 7.11 Å². The molecular formula is C19H22O4. The van der Waals surface area contributed by atoms with Gasteiger partial charge >= 0.3 is 0 Å². The summed E-state index contributed by atoms with van der Waals surface area (Å²) < 4.78 is 21.6. The van der Waals surface area contributed by atoms with Gasteiger partial charge in [-0.3, -0.25) is 0 Å². The Bertz CT molecular complexity index is 602. The molecule has 0 aliphatic carbocycles. The van der Waals surface area contributed by atoms with Crippen molar-refractivity contribution in [2.75, 3.05) is 26.9 Å². The lowest BCUT2D eigenvalue weighted by molar-refractivity contribution is 0.0717. The molecule has 1 fully saturated rings. The summed E-state index contributed by atoms with van der Waals surface area (Å²) in [6.07, 6.45) is 0.367. The lowest BCUT2D eigenvalue weighted by Crippen LogP contribution is -2.15. The second kappa shape index (κ2) is 7.49. The molecule has 1 aliphatic rings. The number of hydrogen-bond donors (Lipinski definition) is 0. The number of benzene rings is 2. The summed E-state index contributed by atoms with van der Waals surface area (Å²) in [5.74, 6) is 1.72. The Balaban J connectivity index is 1.57. The molecule has 0 N–H and O–H groups in total. The second-order valence-electron chi connectivity index (χ2n) is 5.67. The topological polar surface area (TPSA) is 40.2 Å². The molecule has 122 valence electrons. The maximum absolute atomic E-state index is 5.67. The highest BCUT2D eigenvalue weighted by Gasteiger charge is 2.22. The van der Waals surface area contributed by atoms with Gasteiger partial charge in [0.25, 0.3) is 0 Å². The lowest BCUT2D eigenvalue weighted by Gasteiger charge is -2.12. The summed E-state index contributed by atoms with van der Waals surface area (Å²) >= 11 is 0. The zero-order valence-electron chi connectivity index (χ0n) is 13.5. The van der Waals surface area contributed by atoms with E-state index < -0.39 is 0 Å². The molecule has 0 aromatic heterocycles. The normalized spacial score (nSPS) is 17.6. The van der Waals surface area contributed by atoms with E-state index in [4.69, 9.17) is 18.9 Å². The summed E-state index contributed by atoms with van der Waals surface area (Å²) in [5.41, 5.74) is 2.30. The molecule has 2 aromatic rings. The summed E-state index contributed by atoms with van der Waals surface area (Å²) in [6, 6.07) is 16.2. The quantitative estimate of drug-likeness (QED) is 0.699. The van der Waals surface area contributed by atoms with E-state index in [1.165, 1.54) is 0 Å². The lowest BCUT2D eigenvalue weighted by atomic mass is 10.1. The van der Waals surface area contributed by atoms with Crippen LogP contribution < -0.4 is 9.47 Å². The Morgan fingerprint density at radius 2 is 1.48 bits per heavy atom. The summed E-state index contributed by atoms with van der Waals surface area (Å²) in [5, 5.41) is 0. The number of hydrogen-bond acceptors (Lipinski definition) is 4. The average molecular weight is 314 g/mol. The van der Waals surface area contributed by atoms with Gasteiger partial charge < -0.3 is 18.9 Å². The Morgan fingerprint density at radius 3 is 1.96 bits per heavy atom. The minimum absolute atomic E-state index is 0.0864. The third-order valence-electron chi connectivity index (χ3n) is 3.77. The predicted molar refractivity (Wildman–Crippen MR) is 89.1 cm³/mol. The Kier molecular flexibility index (Phi) is 5.16. The first kappa shape index (κ1) is 15.8. The first-order chi connectivity index (χ1) is 11.2. The van der Waals surface area contributed by atoms with Crippen LogP contribution in [0.1, 0.15) is 6.92 Å². The minimum Gasteiger partial charge on any atom is -0.491 e. The van der Waals surface area contributed by atoms with E-state index in [2.05, 4.69) is 24.3 Å². The summed E-state index contributed by atoms with van der Waals surface area (Å²) in [6.45, 7) is 3.97. The maximum Gasteiger partial charge on any atom is 0.119 e. The first-order valence-corrected chi connectivity index (χ1v) is 7.85. The predicted octanol–water partition coefficient (Wildman–Crippen LogP) is 3.54. The van der Waals surface area contributed by atoms with Crippen LogP contribution in [0.2, 0.25) is 0 Å². The van der Waals surface area contributed by atoms with Crippen molar-refractivity contribution in [1.82, 2.24) is 0 Å². The van der Waals surface area contributed by atoms with Gasteiger partial charge in [-0.2, -0.15) is 0 Å². The van der Waals surface area contributed by atoms with Crippen molar-refractivity contribution in [1.29, 1.82) is 0 Å². The monoisotopic (exact) mass is 314 g/mol. The highest BCUT2D eigenvalue weighted by Crippen LogP contribution is 2.25. The SMILES string of the molecule is COC(C)COc1ccc(-c2ccc(OCC3CO3)cc2)cc1. The van der Waals surface area contributed by atoms with Crippen LogP contribution in [0, 0.1) is 0 Å². The molecule has 0 radical (unpaired) electrons. The number of ether oxygens (including phenoxy) is 4. The zero-order valence-corrected chi connectivity index (χ0v) is 13.5. The highest BCUT2D eigenvalue weighted by atomic mass is 16.6. The van der Waals surface area contributed by atoms with E-state index in [0.29, 0.717) is 13.2 Å². The highest BCUT2D eigenvalue weighted by molar-refractivity contribution is 5.64. The molecule has 0 saturated carbocycles. The van der Waals surface area contributed by atoms with Crippen LogP contribution in [0.5, 0.6) is 11.5 Å². The molecule has 4 heteroatoms. The van der Waals surface area contributed by atoms with Crippen molar-refractivity contribution in [3.8, 4) is 22.6 Å². The molecule has 23 heavy (non-hydrogen) atoms. The van der Waals surface area contributed by atoms with E-state index in [-0.39, 0.29) is 12.2 Å². The van der Waals surface area contributed by atoms with Crippen LogP contribution in [-0.4, -0.2) is 39.1 Å². The van der Waals surface area contributed by atoms with Crippen molar-refractivity contribution < 1.29 is 18.9 Å². The molecule has 0 spiro atoms. The Labute approximate surface area is 136 Å². The fourth-order valence-electron chi connectivity index (χ4n) is 2.12. The van der Waals surface area contributed by atoms with Crippen LogP contribution in [-0.2, 0) is 9.47 Å². The van der Waals surface area contributed by atoms with Crippen LogP contribution in [0.3, 0.4) is 0 Å². The van der Waals surface area contributed by atoms with Crippen LogP contribution in [0.25, 0.3) is 11.1 Å². The van der Waals surface area contributed by atoms with E-state index in [9.17, 15) is 0 Å². The molecule has 1 heterocycles. The van der Waals surface area contributed by atoms with Crippen molar-refractivity contribution in [2.24, 2.45) is 0 Å². The summed E-state index contributed by atoms with van der Waals surface area (Å²) in [4.78, 5) is 0. The Morgan fingerprint density at radius 1 is 0.957 bits per heavy atom. The molecule has 1 aliphatic heterocycles.